The second kappa shape index (κ2) is 10.2. The number of nitrogens with one attached hydrogen (secondary N) is 1. The van der Waals surface area contributed by atoms with Crippen molar-refractivity contribution >= 4 is 17.8 Å². The minimum Gasteiger partial charge on any atom is -0.381 e. The molecule has 8 nitrogen and oxygen atoms in total. The second-order valence-electron chi connectivity index (χ2n) is 8.40. The highest BCUT2D eigenvalue weighted by atomic mass is 19.1. The Hall–Kier alpha value is -3.20. The summed E-state index contributed by atoms with van der Waals surface area (Å²) in [6, 6.07) is 2.78. The standard InChI is InChI=1S/C24H32FN5O3/c1-6-14(2)23(28-20-12-19(25)18(22(26)31)11-15(20)3)27-13-21-16(4)30(24(32)29(21)5)17-7-9-33-10-8-17/h11-13,17,28H,6-10H2,1-5H3,(H2,26,31)/b23-14-,27-13-. The quantitative estimate of drug-likeness (QED) is 0.621. The smallest absolute Gasteiger partial charge is 0.328 e. The van der Waals surface area contributed by atoms with Crippen LogP contribution in [-0.4, -0.2) is 34.5 Å². The van der Waals surface area contributed by atoms with Gasteiger partial charge in [0.1, 0.15) is 11.6 Å². The van der Waals surface area contributed by atoms with Gasteiger partial charge in [-0.05, 0) is 63.3 Å². The summed E-state index contributed by atoms with van der Waals surface area (Å²) >= 11 is 0. The van der Waals surface area contributed by atoms with E-state index in [4.69, 9.17) is 10.5 Å². The van der Waals surface area contributed by atoms with Gasteiger partial charge in [-0.15, -0.1) is 0 Å². The molecular formula is C24H32FN5O3. The summed E-state index contributed by atoms with van der Waals surface area (Å²) in [6.07, 6.45) is 3.99. The topological polar surface area (TPSA) is 104 Å². The number of carbonyl (C=O) groups excluding carboxylic acids is 1. The van der Waals surface area contributed by atoms with Crippen molar-refractivity contribution in [1.29, 1.82) is 0 Å². The van der Waals surface area contributed by atoms with E-state index in [9.17, 15) is 14.0 Å². The molecule has 0 radical (unpaired) electrons. The molecule has 1 aromatic carbocycles. The van der Waals surface area contributed by atoms with Crippen molar-refractivity contribution in [2.24, 2.45) is 17.8 Å². The molecule has 9 heteroatoms. The van der Waals surface area contributed by atoms with Gasteiger partial charge in [0.2, 0.25) is 0 Å². The van der Waals surface area contributed by atoms with Gasteiger partial charge >= 0.3 is 5.69 Å². The summed E-state index contributed by atoms with van der Waals surface area (Å²) in [7, 11) is 1.73. The molecule has 1 fully saturated rings. The van der Waals surface area contributed by atoms with Crippen LogP contribution in [-0.2, 0) is 11.8 Å². The summed E-state index contributed by atoms with van der Waals surface area (Å²) < 4.78 is 23.2. The van der Waals surface area contributed by atoms with Gasteiger partial charge in [0, 0.05) is 37.7 Å². The number of aromatic nitrogens is 2. The van der Waals surface area contributed by atoms with E-state index in [1.807, 2.05) is 25.3 Å². The van der Waals surface area contributed by atoms with Crippen LogP contribution in [0.3, 0.4) is 0 Å². The van der Waals surface area contributed by atoms with E-state index in [2.05, 4.69) is 10.3 Å². The van der Waals surface area contributed by atoms with Gasteiger partial charge < -0.3 is 15.8 Å². The molecule has 2 heterocycles. The number of halogens is 1. The van der Waals surface area contributed by atoms with Crippen LogP contribution in [0.25, 0.3) is 0 Å². The molecule has 2 aromatic rings. The highest BCUT2D eigenvalue weighted by molar-refractivity contribution is 5.94. The van der Waals surface area contributed by atoms with Gasteiger partial charge in [-0.3, -0.25) is 13.9 Å². The number of benzene rings is 1. The molecule has 0 aliphatic carbocycles. The van der Waals surface area contributed by atoms with E-state index in [-0.39, 0.29) is 17.3 Å². The number of primary amides is 1. The van der Waals surface area contributed by atoms with Crippen LogP contribution in [0.1, 0.15) is 66.5 Å². The first-order chi connectivity index (χ1) is 15.6. The summed E-state index contributed by atoms with van der Waals surface area (Å²) in [5.41, 5.74) is 8.68. The van der Waals surface area contributed by atoms with Crippen molar-refractivity contribution < 1.29 is 13.9 Å². The number of nitrogens with two attached hydrogens (primary N) is 1. The Bertz CT molecular complexity index is 1170. The number of rotatable bonds is 7. The molecule has 0 saturated carbocycles. The van der Waals surface area contributed by atoms with Gasteiger partial charge in [0.25, 0.3) is 5.91 Å². The van der Waals surface area contributed by atoms with Gasteiger partial charge in [0.05, 0.1) is 17.5 Å². The Morgan fingerprint density at radius 3 is 2.61 bits per heavy atom. The number of aliphatic imine (C=N–C) groups is 1. The second-order valence-corrected chi connectivity index (χ2v) is 8.40. The average molecular weight is 458 g/mol. The lowest BCUT2D eigenvalue weighted by molar-refractivity contribution is 0.0681. The first-order valence-electron chi connectivity index (χ1n) is 11.1. The molecule has 3 N–H and O–H groups in total. The van der Waals surface area contributed by atoms with Gasteiger partial charge in [0.15, 0.2) is 0 Å². The third kappa shape index (κ3) is 5.08. The van der Waals surface area contributed by atoms with E-state index in [1.54, 1.807) is 24.8 Å². The number of hydrogen-bond donors (Lipinski definition) is 2. The van der Waals surface area contributed by atoms with Crippen molar-refractivity contribution in [3.8, 4) is 0 Å². The minimum atomic E-state index is -0.814. The molecule has 0 atom stereocenters. The Labute approximate surface area is 193 Å². The van der Waals surface area contributed by atoms with Crippen LogP contribution in [0, 0.1) is 19.7 Å². The number of ether oxygens (including phenoxy) is 1. The predicted octanol–water partition coefficient (Wildman–Crippen LogP) is 3.57. The first-order valence-corrected chi connectivity index (χ1v) is 11.1. The van der Waals surface area contributed by atoms with Gasteiger partial charge in [-0.2, -0.15) is 0 Å². The summed E-state index contributed by atoms with van der Waals surface area (Å²) in [5.74, 6) is -0.955. The highest BCUT2D eigenvalue weighted by Gasteiger charge is 2.23. The van der Waals surface area contributed by atoms with Crippen LogP contribution >= 0.6 is 0 Å². The van der Waals surface area contributed by atoms with Crippen molar-refractivity contribution in [3.63, 3.8) is 0 Å². The summed E-state index contributed by atoms with van der Waals surface area (Å²) in [4.78, 5) is 29.0. The van der Waals surface area contributed by atoms with Crippen LogP contribution in [0.15, 0.2) is 33.3 Å². The predicted molar refractivity (Wildman–Crippen MR) is 127 cm³/mol. The molecule has 3 rings (SSSR count). The van der Waals surface area contributed by atoms with Crippen LogP contribution in [0.2, 0.25) is 0 Å². The lowest BCUT2D eigenvalue weighted by Gasteiger charge is -2.23. The molecular weight excluding hydrogens is 425 g/mol. The Kier molecular flexibility index (Phi) is 7.53. The van der Waals surface area contributed by atoms with Gasteiger partial charge in [-0.25, -0.2) is 14.2 Å². The number of hydrogen-bond acceptors (Lipinski definition) is 5. The lowest BCUT2D eigenvalue weighted by Crippen LogP contribution is -2.30. The van der Waals surface area contributed by atoms with E-state index < -0.39 is 11.7 Å². The van der Waals surface area contributed by atoms with Crippen molar-refractivity contribution in [2.75, 3.05) is 18.5 Å². The molecule has 0 spiro atoms. The normalized spacial score (nSPS) is 15.7. The third-order valence-electron chi connectivity index (χ3n) is 6.23. The number of imidazole rings is 1. The monoisotopic (exact) mass is 457 g/mol. The maximum Gasteiger partial charge on any atom is 0.328 e. The molecule has 0 bridgehead atoms. The Morgan fingerprint density at radius 1 is 1.33 bits per heavy atom. The fourth-order valence-electron chi connectivity index (χ4n) is 4.00. The number of aryl methyl sites for hydroxylation is 1. The van der Waals surface area contributed by atoms with Crippen LogP contribution in [0.4, 0.5) is 10.1 Å². The summed E-state index contributed by atoms with van der Waals surface area (Å²) in [5, 5.41) is 3.18. The zero-order valence-electron chi connectivity index (χ0n) is 19.9. The molecule has 33 heavy (non-hydrogen) atoms. The molecule has 1 aliphatic rings. The van der Waals surface area contributed by atoms with Crippen LogP contribution < -0.4 is 16.7 Å². The molecule has 1 amide bonds. The minimum absolute atomic E-state index is 0.0773. The zero-order valence-corrected chi connectivity index (χ0v) is 19.9. The number of allylic oxidation sites excluding steroid dienone is 1. The number of carbonyl (C=O) groups is 1. The largest absolute Gasteiger partial charge is 0.381 e. The maximum absolute atomic E-state index is 14.3. The van der Waals surface area contributed by atoms with Crippen molar-refractivity contribution in [2.45, 2.75) is 53.0 Å². The van der Waals surface area contributed by atoms with Gasteiger partial charge in [-0.1, -0.05) is 6.92 Å². The zero-order chi connectivity index (χ0) is 24.3. The third-order valence-corrected chi connectivity index (χ3v) is 6.23. The van der Waals surface area contributed by atoms with E-state index in [0.717, 1.165) is 30.5 Å². The highest BCUT2D eigenvalue weighted by Crippen LogP contribution is 2.24. The first kappa shape index (κ1) is 24.4. The Morgan fingerprint density at radius 2 is 2.00 bits per heavy atom. The number of amides is 1. The Balaban J connectivity index is 1.96. The fraction of sp³-hybridized carbons (Fsp3) is 0.458. The van der Waals surface area contributed by atoms with Crippen LogP contribution in [0.5, 0.6) is 0 Å². The average Bonchev–Trinajstić information content (AvgIpc) is 3.00. The molecule has 178 valence electrons. The van der Waals surface area contributed by atoms with Crippen molar-refractivity contribution in [1.82, 2.24) is 9.13 Å². The maximum atomic E-state index is 14.3. The summed E-state index contributed by atoms with van der Waals surface area (Å²) in [6.45, 7) is 8.90. The van der Waals surface area contributed by atoms with Crippen molar-refractivity contribution in [3.05, 3.63) is 62.3 Å². The lowest BCUT2D eigenvalue weighted by atomic mass is 10.1. The molecule has 1 aromatic heterocycles. The number of nitrogens with zero attached hydrogens (tertiary/aromatic N) is 3. The molecule has 1 saturated heterocycles. The molecule has 0 unspecified atom stereocenters. The number of anilines is 1. The van der Waals surface area contributed by atoms with E-state index in [1.165, 1.54) is 12.1 Å². The molecule has 1 aliphatic heterocycles. The van der Waals surface area contributed by atoms with E-state index >= 15 is 0 Å². The fourth-order valence-corrected chi connectivity index (χ4v) is 4.00. The SMILES string of the molecule is CC/C(C)=C(/N=C\c1c(C)n(C2CCOCC2)c(=O)n1C)Nc1cc(F)c(C(N)=O)cc1C. The van der Waals surface area contributed by atoms with E-state index in [0.29, 0.717) is 36.0 Å².